The lowest BCUT2D eigenvalue weighted by Crippen LogP contribution is -2.60. The average Bonchev–Trinajstić information content (AvgIpc) is 3.39. The number of rotatable bonds is 8. The summed E-state index contributed by atoms with van der Waals surface area (Å²) >= 11 is 1.67. The zero-order chi connectivity index (χ0) is 23.9. The Hall–Kier alpha value is -1.28. The van der Waals surface area contributed by atoms with Crippen LogP contribution in [-0.4, -0.2) is 69.1 Å². The van der Waals surface area contributed by atoms with Gasteiger partial charge in [-0.05, 0) is 38.0 Å². The first kappa shape index (κ1) is 24.8. The van der Waals surface area contributed by atoms with E-state index in [4.69, 9.17) is 4.74 Å². The molecule has 0 aromatic heterocycles. The zero-order valence-corrected chi connectivity index (χ0v) is 21.2. The summed E-state index contributed by atoms with van der Waals surface area (Å²) in [4.78, 5) is 42.7. The van der Waals surface area contributed by atoms with Crippen molar-refractivity contribution in [2.45, 2.75) is 101 Å². The number of carbonyl (C=O) groups excluding carboxylic acids is 3. The first-order chi connectivity index (χ1) is 15.8. The number of hydrogen-bond donors (Lipinski definition) is 2. The van der Waals surface area contributed by atoms with E-state index < -0.39 is 28.7 Å². The molecule has 2 N–H and O–H groups in total. The van der Waals surface area contributed by atoms with Crippen LogP contribution in [0.2, 0.25) is 0 Å². The van der Waals surface area contributed by atoms with Crippen LogP contribution in [-0.2, 0) is 19.1 Å². The predicted molar refractivity (Wildman–Crippen MR) is 127 cm³/mol. The van der Waals surface area contributed by atoms with Crippen molar-refractivity contribution in [2.24, 2.45) is 23.7 Å². The number of fused-ring (bicyclic) bond motifs is 1. The lowest BCUT2D eigenvalue weighted by molar-refractivity contribution is -0.154. The third kappa shape index (κ3) is 3.89. The molecular formula is C25H40N2O5S. The highest BCUT2D eigenvalue weighted by Crippen LogP contribution is 2.69. The second-order valence-electron chi connectivity index (χ2n) is 10.5. The van der Waals surface area contributed by atoms with E-state index in [1.54, 1.807) is 23.6 Å². The second kappa shape index (κ2) is 9.76. The predicted octanol–water partition coefficient (Wildman–Crippen LogP) is 2.74. The molecule has 2 bridgehead atoms. The van der Waals surface area contributed by atoms with Crippen LogP contribution in [0.4, 0.5) is 0 Å². The fourth-order valence-corrected chi connectivity index (χ4v) is 9.36. The molecule has 3 heterocycles. The molecule has 0 radical (unpaired) electrons. The first-order valence-electron chi connectivity index (χ1n) is 12.9. The topological polar surface area (TPSA) is 95.9 Å². The largest absolute Gasteiger partial charge is 0.466 e. The van der Waals surface area contributed by atoms with E-state index in [0.29, 0.717) is 0 Å². The van der Waals surface area contributed by atoms with E-state index in [1.165, 1.54) is 6.42 Å². The fourth-order valence-electron chi connectivity index (χ4n) is 6.96. The van der Waals surface area contributed by atoms with Gasteiger partial charge in [0.1, 0.15) is 6.04 Å². The van der Waals surface area contributed by atoms with E-state index in [0.717, 1.165) is 38.5 Å². The maximum Gasteiger partial charge on any atom is 0.310 e. The van der Waals surface area contributed by atoms with E-state index >= 15 is 0 Å². The van der Waals surface area contributed by atoms with Gasteiger partial charge in [0.05, 0.1) is 35.8 Å². The quantitative estimate of drug-likeness (QED) is 0.519. The molecule has 8 atom stereocenters. The maximum absolute atomic E-state index is 14.1. The molecule has 0 aromatic carbocycles. The molecule has 8 heteroatoms. The number of likely N-dealkylation sites (tertiary alicyclic amines) is 1. The van der Waals surface area contributed by atoms with Crippen molar-refractivity contribution in [1.29, 1.82) is 0 Å². The van der Waals surface area contributed by atoms with Gasteiger partial charge in [-0.3, -0.25) is 14.4 Å². The minimum Gasteiger partial charge on any atom is -0.466 e. The standard InChI is InChI=1S/C25H40N2O5S/c1-5-14(3)17(13-28)27-21(22(29)26-16-10-8-7-9-11-16)25-15(4)12-18(33-25)19(20(25)23(27)30)24(31)32-6-2/h14-21,28H,5-13H2,1-4H3,(H,26,29)/t14-,15?,17-,18+,19-,20-,21?,25?/m0/s1. The molecule has 1 spiro atoms. The van der Waals surface area contributed by atoms with Gasteiger partial charge in [-0.1, -0.05) is 46.5 Å². The number of aliphatic hydroxyl groups is 1. The minimum absolute atomic E-state index is 0.00342. The zero-order valence-electron chi connectivity index (χ0n) is 20.4. The second-order valence-corrected chi connectivity index (χ2v) is 12.1. The van der Waals surface area contributed by atoms with E-state index in [-0.39, 0.29) is 54.1 Å². The van der Waals surface area contributed by atoms with Crippen LogP contribution >= 0.6 is 11.8 Å². The van der Waals surface area contributed by atoms with Crippen LogP contribution < -0.4 is 5.32 Å². The molecule has 33 heavy (non-hydrogen) atoms. The van der Waals surface area contributed by atoms with Crippen molar-refractivity contribution in [3.05, 3.63) is 0 Å². The summed E-state index contributed by atoms with van der Waals surface area (Å²) in [5.74, 6) is -1.52. The van der Waals surface area contributed by atoms with Gasteiger partial charge >= 0.3 is 5.97 Å². The Labute approximate surface area is 201 Å². The molecule has 0 aromatic rings. The number of esters is 1. The van der Waals surface area contributed by atoms with Gasteiger partial charge in [-0.2, -0.15) is 0 Å². The number of nitrogens with zero attached hydrogens (tertiary/aromatic N) is 1. The number of carbonyl (C=O) groups is 3. The molecule has 186 valence electrons. The Balaban J connectivity index is 1.75. The van der Waals surface area contributed by atoms with E-state index in [2.05, 4.69) is 12.2 Å². The van der Waals surface area contributed by atoms with Gasteiger partial charge in [0.2, 0.25) is 11.8 Å². The summed E-state index contributed by atoms with van der Waals surface area (Å²) < 4.78 is 4.75. The summed E-state index contributed by atoms with van der Waals surface area (Å²) in [5.41, 5.74) is 0. The lowest BCUT2D eigenvalue weighted by Gasteiger charge is -2.41. The van der Waals surface area contributed by atoms with Gasteiger partial charge in [-0.15, -0.1) is 11.8 Å². The highest BCUT2D eigenvalue weighted by atomic mass is 32.2. The van der Waals surface area contributed by atoms with Crippen molar-refractivity contribution < 1.29 is 24.2 Å². The Kier molecular flexibility index (Phi) is 7.35. The molecule has 3 aliphatic heterocycles. The number of amides is 2. The van der Waals surface area contributed by atoms with Crippen molar-refractivity contribution in [3.63, 3.8) is 0 Å². The average molecular weight is 481 g/mol. The van der Waals surface area contributed by atoms with Crippen LogP contribution in [0.5, 0.6) is 0 Å². The van der Waals surface area contributed by atoms with Crippen molar-refractivity contribution in [1.82, 2.24) is 10.2 Å². The van der Waals surface area contributed by atoms with Crippen LogP contribution in [0.25, 0.3) is 0 Å². The number of aliphatic hydroxyl groups excluding tert-OH is 1. The van der Waals surface area contributed by atoms with Gasteiger partial charge in [0, 0.05) is 11.3 Å². The smallest absolute Gasteiger partial charge is 0.310 e. The van der Waals surface area contributed by atoms with Crippen LogP contribution in [0.3, 0.4) is 0 Å². The molecule has 1 aliphatic carbocycles. The summed E-state index contributed by atoms with van der Waals surface area (Å²) in [6.07, 6.45) is 6.93. The number of ether oxygens (including phenoxy) is 1. The lowest BCUT2D eigenvalue weighted by atomic mass is 9.66. The molecular weight excluding hydrogens is 440 g/mol. The molecule has 1 saturated carbocycles. The van der Waals surface area contributed by atoms with E-state index in [9.17, 15) is 19.5 Å². The van der Waals surface area contributed by atoms with Crippen LogP contribution in [0, 0.1) is 23.7 Å². The highest BCUT2D eigenvalue weighted by molar-refractivity contribution is 8.02. The highest BCUT2D eigenvalue weighted by Gasteiger charge is 2.77. The molecule has 3 unspecified atom stereocenters. The van der Waals surface area contributed by atoms with Crippen molar-refractivity contribution in [2.75, 3.05) is 13.2 Å². The van der Waals surface area contributed by atoms with Gasteiger partial charge < -0.3 is 20.1 Å². The molecule has 2 amide bonds. The van der Waals surface area contributed by atoms with Crippen LogP contribution in [0.1, 0.15) is 72.6 Å². The summed E-state index contributed by atoms with van der Waals surface area (Å²) in [5, 5.41) is 13.6. The number of nitrogens with one attached hydrogen (secondary N) is 1. The number of thioether (sulfide) groups is 1. The van der Waals surface area contributed by atoms with Gasteiger partial charge in [0.15, 0.2) is 0 Å². The third-order valence-electron chi connectivity index (χ3n) is 8.79. The van der Waals surface area contributed by atoms with Crippen molar-refractivity contribution in [3.8, 4) is 0 Å². The normalized spacial score (nSPS) is 37.7. The van der Waals surface area contributed by atoms with Crippen molar-refractivity contribution >= 4 is 29.5 Å². The summed E-state index contributed by atoms with van der Waals surface area (Å²) in [6.45, 7) is 8.04. The number of hydrogen-bond acceptors (Lipinski definition) is 6. The molecule has 3 saturated heterocycles. The fraction of sp³-hybridized carbons (Fsp3) is 0.880. The summed E-state index contributed by atoms with van der Waals surface area (Å²) in [6, 6.07) is -0.985. The maximum atomic E-state index is 14.1. The molecule has 7 nitrogen and oxygen atoms in total. The molecule has 4 aliphatic rings. The Morgan fingerprint density at radius 3 is 2.58 bits per heavy atom. The Morgan fingerprint density at radius 2 is 1.97 bits per heavy atom. The molecule has 4 fully saturated rings. The Morgan fingerprint density at radius 1 is 1.27 bits per heavy atom. The SMILES string of the molecule is CCOC(=O)[C@@H]1[C@H]2C(=O)N([C@@H](CO)[C@@H](C)CC)C(C(=O)NC3CCCCC3)C23S[C@@H]1CC3C. The van der Waals surface area contributed by atoms with Gasteiger partial charge in [0.25, 0.3) is 0 Å². The van der Waals surface area contributed by atoms with Gasteiger partial charge in [-0.25, -0.2) is 0 Å². The summed E-state index contributed by atoms with van der Waals surface area (Å²) in [7, 11) is 0. The Bertz CT molecular complexity index is 772. The third-order valence-corrected chi connectivity index (χ3v) is 10.9. The van der Waals surface area contributed by atoms with E-state index in [1.807, 2.05) is 13.8 Å². The monoisotopic (exact) mass is 480 g/mol. The molecule has 4 rings (SSSR count). The first-order valence-corrected chi connectivity index (χ1v) is 13.8. The minimum atomic E-state index is -0.674. The van der Waals surface area contributed by atoms with Crippen LogP contribution in [0.15, 0.2) is 0 Å².